The van der Waals surface area contributed by atoms with Gasteiger partial charge in [-0.25, -0.2) is 4.79 Å². The van der Waals surface area contributed by atoms with E-state index >= 15 is 0 Å². The zero-order chi connectivity index (χ0) is 9.68. The molecule has 0 aliphatic heterocycles. The van der Waals surface area contributed by atoms with Crippen LogP contribution in [-0.4, -0.2) is 11.1 Å². The molecule has 2 nitrogen and oxygen atoms in total. The molecule has 0 aliphatic carbocycles. The third-order valence-corrected chi connectivity index (χ3v) is 2.48. The number of hydrogen-bond donors (Lipinski definition) is 1. The van der Waals surface area contributed by atoms with Gasteiger partial charge in [-0.05, 0) is 30.0 Å². The molecule has 1 aromatic rings. The monoisotopic (exact) mass is 194 g/mol. The molecule has 0 amide bonds. The maximum atomic E-state index is 10.1. The first kappa shape index (κ1) is 9.74. The van der Waals surface area contributed by atoms with Gasteiger partial charge < -0.3 is 5.11 Å². The maximum Gasteiger partial charge on any atom is 0.328 e. The summed E-state index contributed by atoms with van der Waals surface area (Å²) in [5.74, 6) is -0.924. The Balaban J connectivity index is 2.59. The van der Waals surface area contributed by atoms with Gasteiger partial charge in [-0.2, -0.15) is 0 Å². The fourth-order valence-electron chi connectivity index (χ4n) is 0.836. The average Bonchev–Trinajstić information content (AvgIpc) is 2.45. The molecule has 0 aromatic carbocycles. The van der Waals surface area contributed by atoms with Crippen molar-refractivity contribution in [2.24, 2.45) is 0 Å². The van der Waals surface area contributed by atoms with Crippen molar-refractivity contribution in [1.82, 2.24) is 0 Å². The highest BCUT2D eigenvalue weighted by atomic mass is 32.1. The third kappa shape index (κ3) is 3.25. The van der Waals surface area contributed by atoms with E-state index in [-0.39, 0.29) is 0 Å². The molecule has 0 spiro atoms. The molecule has 1 rings (SSSR count). The van der Waals surface area contributed by atoms with E-state index in [9.17, 15) is 4.79 Å². The van der Waals surface area contributed by atoms with Crippen molar-refractivity contribution in [1.29, 1.82) is 0 Å². The van der Waals surface area contributed by atoms with Gasteiger partial charge in [0, 0.05) is 11.0 Å². The normalized spacial score (nSPS) is 11.5. The van der Waals surface area contributed by atoms with Crippen LogP contribution < -0.4 is 0 Å². The lowest BCUT2D eigenvalue weighted by molar-refractivity contribution is -0.131. The first-order valence-corrected chi connectivity index (χ1v) is 4.70. The Labute approximate surface area is 80.8 Å². The number of carboxylic acids is 1. The van der Waals surface area contributed by atoms with Crippen LogP contribution in [0.1, 0.15) is 10.4 Å². The minimum Gasteiger partial charge on any atom is -0.478 e. The smallest absolute Gasteiger partial charge is 0.328 e. The van der Waals surface area contributed by atoms with Crippen molar-refractivity contribution in [3.63, 3.8) is 0 Å². The summed E-state index contributed by atoms with van der Waals surface area (Å²) in [6, 6.07) is 2.03. The molecule has 0 unspecified atom stereocenters. The summed E-state index contributed by atoms with van der Waals surface area (Å²) in [5, 5.41) is 10.3. The minimum atomic E-state index is -0.924. The van der Waals surface area contributed by atoms with Crippen molar-refractivity contribution >= 4 is 23.4 Å². The lowest BCUT2D eigenvalue weighted by Gasteiger charge is -1.85. The molecule has 3 heteroatoms. The lowest BCUT2D eigenvalue weighted by Crippen LogP contribution is -1.84. The van der Waals surface area contributed by atoms with Crippen LogP contribution in [0.4, 0.5) is 0 Å². The highest BCUT2D eigenvalue weighted by molar-refractivity contribution is 7.11. The number of hydrogen-bond acceptors (Lipinski definition) is 2. The fourth-order valence-corrected chi connectivity index (χ4v) is 1.67. The van der Waals surface area contributed by atoms with Crippen molar-refractivity contribution in [2.45, 2.75) is 6.92 Å². The number of allylic oxidation sites excluding steroid dienone is 2. The molecule has 1 N–H and O–H groups in total. The van der Waals surface area contributed by atoms with Crippen LogP contribution in [0.15, 0.2) is 29.7 Å². The Morgan fingerprint density at radius 2 is 2.31 bits per heavy atom. The highest BCUT2D eigenvalue weighted by Crippen LogP contribution is 2.16. The second-order valence-corrected chi connectivity index (χ2v) is 3.47. The van der Waals surface area contributed by atoms with Gasteiger partial charge >= 0.3 is 5.97 Å². The summed E-state index contributed by atoms with van der Waals surface area (Å²) >= 11 is 1.64. The van der Waals surface area contributed by atoms with E-state index in [1.165, 1.54) is 11.6 Å². The second kappa shape index (κ2) is 4.62. The molecular formula is C10H10O2S. The standard InChI is InChI=1S/C10H10O2S/c1-8-6-7-13-9(8)4-2-3-5-10(11)12/h2-7H,1H3,(H,11,12)/b4-2+,5-3+. The molecule has 0 bridgehead atoms. The third-order valence-electron chi connectivity index (χ3n) is 1.50. The summed E-state index contributed by atoms with van der Waals surface area (Å²) in [6.07, 6.45) is 6.26. The van der Waals surface area contributed by atoms with Crippen molar-refractivity contribution in [3.05, 3.63) is 40.1 Å². The van der Waals surface area contributed by atoms with Crippen LogP contribution in [0.2, 0.25) is 0 Å². The Morgan fingerprint density at radius 3 is 2.85 bits per heavy atom. The molecule has 0 saturated carbocycles. The zero-order valence-electron chi connectivity index (χ0n) is 7.23. The van der Waals surface area contributed by atoms with E-state index in [4.69, 9.17) is 5.11 Å². The Morgan fingerprint density at radius 1 is 1.54 bits per heavy atom. The summed E-state index contributed by atoms with van der Waals surface area (Å²) in [5.41, 5.74) is 1.21. The van der Waals surface area contributed by atoms with E-state index in [0.717, 1.165) is 11.0 Å². The van der Waals surface area contributed by atoms with Gasteiger partial charge in [-0.1, -0.05) is 12.2 Å². The fraction of sp³-hybridized carbons (Fsp3) is 0.100. The summed E-state index contributed by atoms with van der Waals surface area (Å²) in [6.45, 7) is 2.02. The number of carbonyl (C=O) groups is 1. The van der Waals surface area contributed by atoms with Crippen molar-refractivity contribution < 1.29 is 9.90 Å². The average molecular weight is 194 g/mol. The maximum absolute atomic E-state index is 10.1. The summed E-state index contributed by atoms with van der Waals surface area (Å²) in [4.78, 5) is 11.3. The van der Waals surface area contributed by atoms with Gasteiger partial charge in [-0.3, -0.25) is 0 Å². The second-order valence-electron chi connectivity index (χ2n) is 2.52. The van der Waals surface area contributed by atoms with Crippen molar-refractivity contribution in [2.75, 3.05) is 0 Å². The molecule has 0 atom stereocenters. The van der Waals surface area contributed by atoms with Crippen LogP contribution in [0.25, 0.3) is 6.08 Å². The predicted octanol–water partition coefficient (Wildman–Crippen LogP) is 2.71. The Bertz CT molecular complexity index is 348. The quantitative estimate of drug-likeness (QED) is 0.593. The number of aryl methyl sites for hydroxylation is 1. The topological polar surface area (TPSA) is 37.3 Å². The van der Waals surface area contributed by atoms with E-state index in [1.54, 1.807) is 17.4 Å². The minimum absolute atomic E-state index is 0.924. The van der Waals surface area contributed by atoms with Gasteiger partial charge in [0.1, 0.15) is 0 Å². The number of rotatable bonds is 3. The van der Waals surface area contributed by atoms with E-state index in [2.05, 4.69) is 0 Å². The zero-order valence-corrected chi connectivity index (χ0v) is 8.04. The van der Waals surface area contributed by atoms with E-state index in [0.29, 0.717) is 0 Å². The Hall–Kier alpha value is -1.35. The first-order chi connectivity index (χ1) is 6.20. The molecule has 68 valence electrons. The van der Waals surface area contributed by atoms with Gasteiger partial charge in [0.05, 0.1) is 0 Å². The summed E-state index contributed by atoms with van der Waals surface area (Å²) < 4.78 is 0. The molecule has 13 heavy (non-hydrogen) atoms. The first-order valence-electron chi connectivity index (χ1n) is 3.82. The van der Waals surface area contributed by atoms with E-state index in [1.807, 2.05) is 24.4 Å². The molecular weight excluding hydrogens is 184 g/mol. The number of aliphatic carboxylic acids is 1. The molecule has 0 radical (unpaired) electrons. The Kier molecular flexibility index (Phi) is 3.46. The van der Waals surface area contributed by atoms with Crippen LogP contribution in [-0.2, 0) is 4.79 Å². The highest BCUT2D eigenvalue weighted by Gasteiger charge is 1.92. The predicted molar refractivity (Wildman–Crippen MR) is 54.9 cm³/mol. The van der Waals surface area contributed by atoms with E-state index < -0.39 is 5.97 Å². The SMILES string of the molecule is Cc1ccsc1/C=C/C=C/C(=O)O. The van der Waals surface area contributed by atoms with Gasteiger partial charge in [-0.15, -0.1) is 11.3 Å². The molecule has 1 heterocycles. The van der Waals surface area contributed by atoms with Crippen molar-refractivity contribution in [3.8, 4) is 0 Å². The lowest BCUT2D eigenvalue weighted by atomic mass is 10.3. The molecule has 1 aromatic heterocycles. The largest absolute Gasteiger partial charge is 0.478 e. The van der Waals surface area contributed by atoms with Crippen LogP contribution >= 0.6 is 11.3 Å². The summed E-state index contributed by atoms with van der Waals surface area (Å²) in [7, 11) is 0. The molecule has 0 saturated heterocycles. The molecule has 0 aliphatic rings. The number of thiophene rings is 1. The number of carboxylic acid groups (broad SMARTS) is 1. The van der Waals surface area contributed by atoms with Gasteiger partial charge in [0.15, 0.2) is 0 Å². The molecule has 0 fully saturated rings. The van der Waals surface area contributed by atoms with Crippen LogP contribution in [0.5, 0.6) is 0 Å². The van der Waals surface area contributed by atoms with Crippen LogP contribution in [0, 0.1) is 6.92 Å². The van der Waals surface area contributed by atoms with Crippen LogP contribution in [0.3, 0.4) is 0 Å². The van der Waals surface area contributed by atoms with Gasteiger partial charge in [0.25, 0.3) is 0 Å². The van der Waals surface area contributed by atoms with Gasteiger partial charge in [0.2, 0.25) is 0 Å².